The Morgan fingerprint density at radius 2 is 1.94 bits per heavy atom. The summed E-state index contributed by atoms with van der Waals surface area (Å²) < 4.78 is 8.05. The molecule has 1 aliphatic carbocycles. The van der Waals surface area contributed by atoms with E-state index >= 15 is 0 Å². The van der Waals surface area contributed by atoms with Crippen molar-refractivity contribution in [2.24, 2.45) is 11.7 Å². The van der Waals surface area contributed by atoms with Crippen LogP contribution in [0.4, 0.5) is 10.5 Å². The van der Waals surface area contributed by atoms with Crippen molar-refractivity contribution in [1.29, 1.82) is 0 Å². The fourth-order valence-corrected chi connectivity index (χ4v) is 4.58. The number of anilines is 1. The Morgan fingerprint density at radius 1 is 1.21 bits per heavy atom. The molecule has 8 nitrogen and oxygen atoms in total. The topological polar surface area (TPSA) is 103 Å². The number of nitrogens with zero attached hydrogens (tertiary/aromatic N) is 4. The Morgan fingerprint density at radius 3 is 2.53 bits per heavy atom. The molecule has 4 N–H and O–H groups in total. The Balaban J connectivity index is 1.61. The summed E-state index contributed by atoms with van der Waals surface area (Å²) in [5, 5.41) is 7.16. The van der Waals surface area contributed by atoms with Gasteiger partial charge in [-0.1, -0.05) is 30.7 Å². The molecule has 1 aliphatic rings. The number of urea groups is 1. The van der Waals surface area contributed by atoms with Crippen LogP contribution in [-0.2, 0) is 13.0 Å². The lowest BCUT2D eigenvalue weighted by atomic mass is 10.0. The van der Waals surface area contributed by atoms with E-state index in [-0.39, 0.29) is 6.61 Å². The van der Waals surface area contributed by atoms with Gasteiger partial charge < -0.3 is 4.74 Å². The minimum Gasteiger partial charge on any atom is -0.487 e. The monoisotopic (exact) mass is 482 g/mol. The summed E-state index contributed by atoms with van der Waals surface area (Å²) >= 11 is 6.61. The second-order valence-corrected chi connectivity index (χ2v) is 9.11. The number of carbonyl (C=O) groups excluding carboxylic acids is 1. The first kappa shape index (κ1) is 24.1. The zero-order valence-electron chi connectivity index (χ0n) is 20.0. The lowest BCUT2D eigenvalue weighted by Gasteiger charge is -2.25. The first-order valence-electron chi connectivity index (χ1n) is 11.4. The van der Waals surface area contributed by atoms with E-state index < -0.39 is 6.03 Å². The summed E-state index contributed by atoms with van der Waals surface area (Å²) in [6.45, 7) is 6.42. The van der Waals surface area contributed by atoms with Crippen molar-refractivity contribution in [3.63, 3.8) is 0 Å². The van der Waals surface area contributed by atoms with E-state index in [1.54, 1.807) is 6.07 Å². The third-order valence-corrected chi connectivity index (χ3v) is 6.59. The molecule has 9 heteroatoms. The molecule has 0 aliphatic heterocycles. The van der Waals surface area contributed by atoms with Gasteiger partial charge in [0.05, 0.1) is 22.1 Å². The van der Waals surface area contributed by atoms with Gasteiger partial charge in [-0.05, 0) is 74.4 Å². The van der Waals surface area contributed by atoms with E-state index in [9.17, 15) is 4.79 Å². The molecular formula is C25H31ClN6O2. The van der Waals surface area contributed by atoms with Gasteiger partial charge in [0.15, 0.2) is 0 Å². The SMILES string of the molecule is CCc1c(C)nn(-c2ccc(OCc3c(C4CC4)cccc3N(N)C(=O)N(C)N)c(Cl)c2)c1C. The fourth-order valence-electron chi connectivity index (χ4n) is 4.35. The normalized spacial score (nSPS) is 13.1. The Kier molecular flexibility index (Phi) is 6.84. The molecule has 0 atom stereocenters. The molecule has 1 aromatic heterocycles. The van der Waals surface area contributed by atoms with Crippen LogP contribution in [0.15, 0.2) is 36.4 Å². The number of hydrogen-bond donors (Lipinski definition) is 2. The van der Waals surface area contributed by atoms with E-state index in [4.69, 9.17) is 28.0 Å². The maximum Gasteiger partial charge on any atom is 0.352 e. The number of halogens is 1. The van der Waals surface area contributed by atoms with E-state index in [2.05, 4.69) is 25.0 Å². The number of rotatable bonds is 7. The van der Waals surface area contributed by atoms with Crippen molar-refractivity contribution in [3.05, 3.63) is 69.5 Å². The van der Waals surface area contributed by atoms with E-state index in [1.165, 1.54) is 12.6 Å². The summed E-state index contributed by atoms with van der Waals surface area (Å²) in [4.78, 5) is 12.4. The molecule has 1 heterocycles. The van der Waals surface area contributed by atoms with Crippen LogP contribution in [0, 0.1) is 13.8 Å². The standard InChI is InChI=1S/C25H31ClN6O2/c1-5-19-15(2)29-32(16(19)3)18-11-12-24(22(26)13-18)34-14-21-20(17-9-10-17)7-6-8-23(21)31(28)25(33)30(4)27/h6-8,11-13,17H,5,9-10,14,27-28H2,1-4H3. The molecule has 0 bridgehead atoms. The molecule has 1 fully saturated rings. The Hall–Kier alpha value is -3.07. The number of benzene rings is 2. The zero-order valence-corrected chi connectivity index (χ0v) is 20.8. The summed E-state index contributed by atoms with van der Waals surface area (Å²) in [5.41, 5.74) is 6.78. The molecule has 2 amide bonds. The van der Waals surface area contributed by atoms with Crippen molar-refractivity contribution < 1.29 is 9.53 Å². The zero-order chi connectivity index (χ0) is 24.6. The fraction of sp³-hybridized carbons (Fsp3) is 0.360. The highest BCUT2D eigenvalue weighted by molar-refractivity contribution is 6.32. The number of aryl methyl sites for hydroxylation is 1. The molecule has 3 aromatic rings. The van der Waals surface area contributed by atoms with Crippen LogP contribution >= 0.6 is 11.6 Å². The second kappa shape index (κ2) is 9.66. The van der Waals surface area contributed by atoms with Crippen molar-refractivity contribution >= 4 is 23.3 Å². The predicted molar refractivity (Wildman–Crippen MR) is 134 cm³/mol. The molecule has 180 valence electrons. The van der Waals surface area contributed by atoms with Crippen LogP contribution in [0.1, 0.15) is 53.8 Å². The van der Waals surface area contributed by atoms with Gasteiger partial charge in [0.2, 0.25) is 0 Å². The third kappa shape index (κ3) is 4.61. The molecule has 0 spiro atoms. The van der Waals surface area contributed by atoms with Crippen LogP contribution in [0.3, 0.4) is 0 Å². The van der Waals surface area contributed by atoms with Crippen LogP contribution in [0.5, 0.6) is 5.75 Å². The summed E-state index contributed by atoms with van der Waals surface area (Å²) in [7, 11) is 1.46. The quantitative estimate of drug-likeness (QED) is 0.287. The lowest BCUT2D eigenvalue weighted by Crippen LogP contribution is -2.49. The summed E-state index contributed by atoms with van der Waals surface area (Å²) in [5.74, 6) is 12.7. The van der Waals surface area contributed by atoms with Crippen LogP contribution in [0.2, 0.25) is 5.02 Å². The van der Waals surface area contributed by atoms with Crippen molar-refractivity contribution in [2.45, 2.75) is 52.6 Å². The van der Waals surface area contributed by atoms with Crippen LogP contribution < -0.4 is 21.4 Å². The third-order valence-electron chi connectivity index (χ3n) is 6.30. The lowest BCUT2D eigenvalue weighted by molar-refractivity contribution is 0.216. The van der Waals surface area contributed by atoms with Crippen LogP contribution in [-0.4, -0.2) is 27.9 Å². The maximum absolute atomic E-state index is 12.4. The highest BCUT2D eigenvalue weighted by atomic mass is 35.5. The summed E-state index contributed by atoms with van der Waals surface area (Å²) in [6, 6.07) is 10.9. The predicted octanol–water partition coefficient (Wildman–Crippen LogP) is 4.77. The van der Waals surface area contributed by atoms with Crippen molar-refractivity contribution in [2.75, 3.05) is 12.1 Å². The highest BCUT2D eigenvalue weighted by Crippen LogP contribution is 2.44. The van der Waals surface area contributed by atoms with E-state index in [1.807, 2.05) is 35.9 Å². The van der Waals surface area contributed by atoms with Crippen molar-refractivity contribution in [1.82, 2.24) is 14.8 Å². The Bertz CT molecular complexity index is 1220. The summed E-state index contributed by atoms with van der Waals surface area (Å²) in [6.07, 6.45) is 3.13. The minimum atomic E-state index is -0.520. The maximum atomic E-state index is 12.4. The molecule has 1 saturated carbocycles. The molecule has 4 rings (SSSR count). The van der Waals surface area contributed by atoms with Gasteiger partial charge in [-0.15, -0.1) is 0 Å². The first-order chi connectivity index (χ1) is 16.2. The van der Waals surface area contributed by atoms with Gasteiger partial charge in [-0.25, -0.2) is 26.2 Å². The van der Waals surface area contributed by atoms with Gasteiger partial charge in [-0.3, -0.25) is 5.01 Å². The number of carbonyl (C=O) groups is 1. The highest BCUT2D eigenvalue weighted by Gasteiger charge is 2.29. The number of hydrazine groups is 2. The molecule has 0 radical (unpaired) electrons. The van der Waals surface area contributed by atoms with Crippen molar-refractivity contribution in [3.8, 4) is 11.4 Å². The first-order valence-corrected chi connectivity index (χ1v) is 11.8. The number of aromatic nitrogens is 2. The molecule has 0 saturated heterocycles. The van der Waals surface area contributed by atoms with E-state index in [0.717, 1.165) is 57.5 Å². The number of amides is 2. The minimum absolute atomic E-state index is 0.218. The molecule has 34 heavy (non-hydrogen) atoms. The van der Waals surface area contributed by atoms with Gasteiger partial charge in [0, 0.05) is 18.3 Å². The van der Waals surface area contributed by atoms with E-state index in [0.29, 0.717) is 22.4 Å². The van der Waals surface area contributed by atoms with Gasteiger partial charge in [0.25, 0.3) is 0 Å². The van der Waals surface area contributed by atoms with Crippen LogP contribution in [0.25, 0.3) is 5.69 Å². The number of hydrogen-bond acceptors (Lipinski definition) is 5. The average Bonchev–Trinajstić information content (AvgIpc) is 3.62. The van der Waals surface area contributed by atoms with Gasteiger partial charge in [0.1, 0.15) is 12.4 Å². The molecule has 0 unspecified atom stereocenters. The number of nitrogens with two attached hydrogens (primary N) is 2. The van der Waals surface area contributed by atoms with Gasteiger partial charge in [-0.2, -0.15) is 5.10 Å². The Labute approximate surface area is 205 Å². The largest absolute Gasteiger partial charge is 0.487 e. The van der Waals surface area contributed by atoms with Gasteiger partial charge >= 0.3 is 6.03 Å². The molecule has 2 aromatic carbocycles. The smallest absolute Gasteiger partial charge is 0.352 e. The average molecular weight is 483 g/mol. The number of ether oxygens (including phenoxy) is 1. The second-order valence-electron chi connectivity index (χ2n) is 8.70. The molecular weight excluding hydrogens is 452 g/mol.